The van der Waals surface area contributed by atoms with Crippen LogP contribution in [0.1, 0.15) is 29.6 Å². The van der Waals surface area contributed by atoms with Gasteiger partial charge in [0.15, 0.2) is 0 Å². The Morgan fingerprint density at radius 2 is 1.54 bits per heavy atom. The van der Waals surface area contributed by atoms with Crippen molar-refractivity contribution in [1.82, 2.24) is 14.7 Å². The fourth-order valence-electron chi connectivity index (χ4n) is 3.55. The average molecular weight is 388 g/mol. The van der Waals surface area contributed by atoms with Gasteiger partial charge in [-0.05, 0) is 43.5 Å². The second-order valence-corrected chi connectivity index (χ2v) is 7.20. The second kappa shape index (κ2) is 9.54. The molecule has 0 aromatic heterocycles. The topological polar surface area (TPSA) is 82.2 Å². The van der Waals surface area contributed by atoms with E-state index in [1.165, 1.54) is 13.5 Å². The number of nitrogens with one attached hydrogen (secondary N) is 1. The summed E-state index contributed by atoms with van der Waals surface area (Å²) in [5, 5.41) is 2.84. The molecule has 3 amide bonds. The lowest BCUT2D eigenvalue weighted by Gasteiger charge is -2.36. The fraction of sp³-hybridized carbons (Fsp3) is 0.550. The molecule has 0 saturated carbocycles. The molecule has 8 nitrogen and oxygen atoms in total. The van der Waals surface area contributed by atoms with Crippen LogP contribution in [0.2, 0.25) is 0 Å². The molecular weight excluding hydrogens is 360 g/mol. The first-order chi connectivity index (χ1) is 13.6. The minimum absolute atomic E-state index is 0.173. The van der Waals surface area contributed by atoms with Crippen molar-refractivity contribution >= 4 is 23.6 Å². The van der Waals surface area contributed by atoms with Crippen LogP contribution in [0.4, 0.5) is 10.5 Å². The Hall–Kier alpha value is -2.61. The lowest BCUT2D eigenvalue weighted by Crippen LogP contribution is -2.52. The number of likely N-dealkylation sites (tertiary alicyclic amines) is 1. The Morgan fingerprint density at radius 3 is 2.14 bits per heavy atom. The Morgan fingerprint density at radius 1 is 0.893 bits per heavy atom. The number of nitrogens with zero attached hydrogens (tertiary/aromatic N) is 3. The van der Waals surface area contributed by atoms with E-state index in [2.05, 4.69) is 15.0 Å². The molecule has 8 heteroatoms. The maximum atomic E-state index is 12.4. The first-order valence-electron chi connectivity index (χ1n) is 9.81. The van der Waals surface area contributed by atoms with E-state index in [4.69, 9.17) is 0 Å². The zero-order valence-corrected chi connectivity index (χ0v) is 16.4. The second-order valence-electron chi connectivity index (χ2n) is 7.20. The van der Waals surface area contributed by atoms with Crippen molar-refractivity contribution in [1.29, 1.82) is 0 Å². The summed E-state index contributed by atoms with van der Waals surface area (Å²) in [6, 6.07) is 6.42. The number of hydrogen-bond donors (Lipinski definition) is 1. The number of hydrogen-bond acceptors (Lipinski definition) is 5. The Bertz CT molecular complexity index is 693. The van der Waals surface area contributed by atoms with Gasteiger partial charge < -0.3 is 19.9 Å². The number of ether oxygens (including phenoxy) is 1. The molecule has 1 N–H and O–H groups in total. The van der Waals surface area contributed by atoms with Gasteiger partial charge in [0.25, 0.3) is 0 Å². The minimum Gasteiger partial charge on any atom is -0.465 e. The van der Waals surface area contributed by atoms with Crippen LogP contribution in [0.15, 0.2) is 24.3 Å². The molecule has 1 aromatic carbocycles. The van der Waals surface area contributed by atoms with Gasteiger partial charge in [-0.3, -0.25) is 9.69 Å². The van der Waals surface area contributed by atoms with E-state index in [9.17, 15) is 14.4 Å². The molecule has 0 aliphatic carbocycles. The zero-order chi connectivity index (χ0) is 19.9. The molecule has 2 heterocycles. The summed E-state index contributed by atoms with van der Waals surface area (Å²) in [6.45, 7) is 4.72. The lowest BCUT2D eigenvalue weighted by molar-refractivity contribution is -0.133. The number of carbonyl (C=O) groups excluding carboxylic acids is 3. The summed E-state index contributed by atoms with van der Waals surface area (Å²) >= 11 is 0. The number of rotatable bonds is 4. The Labute approximate surface area is 165 Å². The number of anilines is 1. The maximum absolute atomic E-state index is 12.4. The first kappa shape index (κ1) is 20.1. The minimum atomic E-state index is -0.409. The number of carbonyl (C=O) groups is 3. The van der Waals surface area contributed by atoms with Crippen LogP contribution < -0.4 is 5.32 Å². The van der Waals surface area contributed by atoms with Gasteiger partial charge in [-0.1, -0.05) is 0 Å². The highest BCUT2D eigenvalue weighted by Crippen LogP contribution is 2.13. The van der Waals surface area contributed by atoms with Gasteiger partial charge in [0.1, 0.15) is 0 Å². The van der Waals surface area contributed by atoms with Crippen molar-refractivity contribution in [3.05, 3.63) is 29.8 Å². The van der Waals surface area contributed by atoms with Crippen LogP contribution in [-0.4, -0.2) is 85.5 Å². The summed E-state index contributed by atoms with van der Waals surface area (Å²) in [5.41, 5.74) is 1.06. The Balaban J connectivity index is 1.43. The van der Waals surface area contributed by atoms with Gasteiger partial charge in [0, 0.05) is 45.0 Å². The van der Waals surface area contributed by atoms with E-state index in [1.807, 2.05) is 4.90 Å². The summed E-state index contributed by atoms with van der Waals surface area (Å²) in [7, 11) is 1.33. The van der Waals surface area contributed by atoms with Crippen molar-refractivity contribution in [2.45, 2.75) is 19.3 Å². The van der Waals surface area contributed by atoms with E-state index >= 15 is 0 Å². The van der Waals surface area contributed by atoms with Crippen molar-refractivity contribution < 1.29 is 19.1 Å². The third kappa shape index (κ3) is 5.22. The van der Waals surface area contributed by atoms with Gasteiger partial charge in [-0.25, -0.2) is 9.59 Å². The average Bonchev–Trinajstić information content (AvgIpc) is 2.74. The smallest absolute Gasteiger partial charge is 0.337 e. The summed E-state index contributed by atoms with van der Waals surface area (Å²) in [6.07, 6.45) is 3.41. The molecule has 0 radical (unpaired) electrons. The van der Waals surface area contributed by atoms with Gasteiger partial charge in [0.05, 0.1) is 19.2 Å². The number of esters is 1. The number of benzene rings is 1. The third-order valence-corrected chi connectivity index (χ3v) is 5.28. The summed E-state index contributed by atoms with van der Waals surface area (Å²) < 4.78 is 4.66. The third-order valence-electron chi connectivity index (χ3n) is 5.28. The SMILES string of the molecule is COC(=O)c1ccc(NC(=O)N2CCN(CC(=O)N3CCCCC3)CC2)cc1. The fourth-order valence-corrected chi connectivity index (χ4v) is 3.55. The zero-order valence-electron chi connectivity index (χ0n) is 16.4. The Kier molecular flexibility index (Phi) is 6.86. The summed E-state index contributed by atoms with van der Waals surface area (Å²) in [5.74, 6) is -0.212. The van der Waals surface area contributed by atoms with Crippen LogP contribution in [0, 0.1) is 0 Å². The molecule has 2 aliphatic rings. The largest absolute Gasteiger partial charge is 0.465 e. The molecule has 0 spiro atoms. The molecule has 152 valence electrons. The molecule has 0 unspecified atom stereocenters. The molecule has 1 aromatic rings. The van der Waals surface area contributed by atoms with Crippen molar-refractivity contribution in [3.63, 3.8) is 0 Å². The molecule has 2 saturated heterocycles. The van der Waals surface area contributed by atoms with E-state index < -0.39 is 5.97 Å². The number of amides is 3. The van der Waals surface area contributed by atoms with E-state index in [0.717, 1.165) is 25.9 Å². The normalized spacial score (nSPS) is 17.9. The van der Waals surface area contributed by atoms with E-state index in [-0.39, 0.29) is 11.9 Å². The van der Waals surface area contributed by atoms with Crippen LogP contribution in [0.25, 0.3) is 0 Å². The first-order valence-corrected chi connectivity index (χ1v) is 9.81. The highest BCUT2D eigenvalue weighted by atomic mass is 16.5. The maximum Gasteiger partial charge on any atom is 0.337 e. The van der Waals surface area contributed by atoms with Crippen LogP contribution >= 0.6 is 0 Å². The number of piperazine rings is 1. The number of methoxy groups -OCH3 is 1. The number of urea groups is 1. The molecule has 28 heavy (non-hydrogen) atoms. The van der Waals surface area contributed by atoms with Crippen LogP contribution in [0.3, 0.4) is 0 Å². The molecule has 3 rings (SSSR count). The lowest BCUT2D eigenvalue weighted by atomic mass is 10.1. The molecular formula is C20H28N4O4. The monoisotopic (exact) mass is 388 g/mol. The van der Waals surface area contributed by atoms with Crippen LogP contribution in [-0.2, 0) is 9.53 Å². The standard InChI is InChI=1S/C20H28N4O4/c1-28-19(26)16-5-7-17(8-6-16)21-20(27)24-13-11-22(12-14-24)15-18(25)23-9-3-2-4-10-23/h5-8H,2-4,9-15H2,1H3,(H,21,27). The number of piperidine rings is 1. The van der Waals surface area contributed by atoms with Gasteiger partial charge in [0.2, 0.25) is 5.91 Å². The van der Waals surface area contributed by atoms with Crippen molar-refractivity contribution in [2.24, 2.45) is 0 Å². The van der Waals surface area contributed by atoms with Gasteiger partial charge in [-0.15, -0.1) is 0 Å². The summed E-state index contributed by atoms with van der Waals surface area (Å²) in [4.78, 5) is 42.1. The predicted molar refractivity (Wildman–Crippen MR) is 105 cm³/mol. The molecule has 0 atom stereocenters. The highest BCUT2D eigenvalue weighted by molar-refractivity contribution is 5.92. The van der Waals surface area contributed by atoms with Crippen LogP contribution in [0.5, 0.6) is 0 Å². The van der Waals surface area contributed by atoms with Gasteiger partial charge >= 0.3 is 12.0 Å². The van der Waals surface area contributed by atoms with E-state index in [0.29, 0.717) is 44.0 Å². The van der Waals surface area contributed by atoms with Crippen molar-refractivity contribution in [3.8, 4) is 0 Å². The molecule has 2 aliphatic heterocycles. The molecule has 2 fully saturated rings. The predicted octanol–water partition coefficient (Wildman–Crippen LogP) is 1.64. The van der Waals surface area contributed by atoms with Gasteiger partial charge in [-0.2, -0.15) is 0 Å². The van der Waals surface area contributed by atoms with Crippen molar-refractivity contribution in [2.75, 3.05) is 58.2 Å². The van der Waals surface area contributed by atoms with E-state index in [1.54, 1.807) is 29.2 Å². The molecule has 0 bridgehead atoms. The quantitative estimate of drug-likeness (QED) is 0.793. The highest BCUT2D eigenvalue weighted by Gasteiger charge is 2.24.